The number of rotatable bonds is 73. The third-order valence-corrected chi connectivity index (χ3v) is 18.0. The van der Waals surface area contributed by atoms with Gasteiger partial charge in [-0.05, 0) is 128 Å². The van der Waals surface area contributed by atoms with Crippen molar-refractivity contribution in [2.45, 2.75) is 329 Å². The number of carbonyl (C=O) groups is 4. The quantitative estimate of drug-likeness (QED) is 0.0169. The first-order valence-corrected chi connectivity index (χ1v) is 42.4. The first kappa shape index (κ1) is 97.2. The Labute approximate surface area is 618 Å². The van der Waals surface area contributed by atoms with Gasteiger partial charge in [-0.25, -0.2) is 9.13 Å². The molecule has 0 aromatic heterocycles. The number of aliphatic hydroxyl groups is 1. The van der Waals surface area contributed by atoms with Crippen LogP contribution in [0.1, 0.15) is 310 Å². The first-order valence-electron chi connectivity index (χ1n) is 39.4. The number of phosphoric acid groups is 2. The van der Waals surface area contributed by atoms with Crippen LogP contribution in [0.25, 0.3) is 0 Å². The zero-order valence-corrected chi connectivity index (χ0v) is 65.5. The third-order valence-electron chi connectivity index (χ3n) is 16.1. The number of esters is 4. The van der Waals surface area contributed by atoms with Crippen molar-refractivity contribution >= 4 is 39.5 Å². The van der Waals surface area contributed by atoms with Gasteiger partial charge >= 0.3 is 39.5 Å². The standard InChI is InChI=1S/C83H140O17P2/c1-5-9-13-17-21-25-29-32-35-38-41-44-48-51-55-59-63-67-80(85)93-73-78(99-82(87)69-65-61-57-53-47-28-24-20-16-12-8-4)75-97-101(89,90)95-71-77(84)72-96-102(91,92)98-76-79(100-83(88)70-66-62-58-54-50-46-43-40-37-34-31-27-23-19-15-11-7-3)74-94-81(86)68-64-60-56-52-49-45-42-39-36-33-30-26-22-18-14-10-6-2/h9-11,13-15,21-23,25-27,32-37,41,44,51,55,77-79,84H,5-8,12,16-20,24,28-31,38-40,42-43,45-50,52-54,56-76H2,1-4H3,(H,89,90)(H,91,92)/b13-9-,14-10-,15-11-,25-21-,26-22-,27-23-,35-32-,36-33-,37-34-,44-41-,55-51-. The second-order valence-electron chi connectivity index (χ2n) is 25.9. The highest BCUT2D eigenvalue weighted by molar-refractivity contribution is 7.47. The van der Waals surface area contributed by atoms with Gasteiger partial charge in [-0.15, -0.1) is 0 Å². The molecule has 0 aliphatic carbocycles. The molecule has 0 amide bonds. The van der Waals surface area contributed by atoms with E-state index in [1.54, 1.807) is 0 Å². The van der Waals surface area contributed by atoms with Gasteiger partial charge in [0.05, 0.1) is 26.4 Å². The van der Waals surface area contributed by atoms with Crippen LogP contribution in [-0.4, -0.2) is 96.7 Å². The highest BCUT2D eigenvalue weighted by Crippen LogP contribution is 2.45. The summed E-state index contributed by atoms with van der Waals surface area (Å²) in [6.45, 7) is 4.46. The number of allylic oxidation sites excluding steroid dienone is 22. The van der Waals surface area contributed by atoms with Crippen LogP contribution in [0.3, 0.4) is 0 Å². The summed E-state index contributed by atoms with van der Waals surface area (Å²) < 4.78 is 68.5. The molecule has 0 saturated heterocycles. The smallest absolute Gasteiger partial charge is 0.462 e. The van der Waals surface area contributed by atoms with E-state index in [0.29, 0.717) is 32.1 Å². The molecular weight excluding hydrogens is 1330 g/mol. The maximum Gasteiger partial charge on any atom is 0.472 e. The van der Waals surface area contributed by atoms with Crippen molar-refractivity contribution in [1.29, 1.82) is 0 Å². The Hall–Kier alpha value is -4.80. The zero-order valence-electron chi connectivity index (χ0n) is 63.7. The van der Waals surface area contributed by atoms with Crippen molar-refractivity contribution < 1.29 is 80.2 Å². The third kappa shape index (κ3) is 73.5. The fourth-order valence-electron chi connectivity index (χ4n) is 10.2. The molecule has 3 N–H and O–H groups in total. The Bertz CT molecular complexity index is 2460. The number of aliphatic hydroxyl groups excluding tert-OH is 1. The van der Waals surface area contributed by atoms with Crippen molar-refractivity contribution in [3.63, 3.8) is 0 Å². The average Bonchev–Trinajstić information content (AvgIpc) is 0.923. The molecule has 5 unspecified atom stereocenters. The summed E-state index contributed by atoms with van der Waals surface area (Å²) in [5, 5.41) is 10.6. The summed E-state index contributed by atoms with van der Waals surface area (Å²) in [5.74, 6) is -2.26. The summed E-state index contributed by atoms with van der Waals surface area (Å²) in [7, 11) is -9.97. The van der Waals surface area contributed by atoms with E-state index in [2.05, 4.69) is 149 Å². The molecule has 0 fully saturated rings. The van der Waals surface area contributed by atoms with Gasteiger partial charge in [-0.2, -0.15) is 0 Å². The van der Waals surface area contributed by atoms with Crippen molar-refractivity contribution in [2.75, 3.05) is 39.6 Å². The van der Waals surface area contributed by atoms with Crippen LogP contribution in [0.5, 0.6) is 0 Å². The van der Waals surface area contributed by atoms with Crippen LogP contribution in [0, 0.1) is 0 Å². The van der Waals surface area contributed by atoms with E-state index in [4.69, 9.17) is 37.0 Å². The lowest BCUT2D eigenvalue weighted by Gasteiger charge is -2.21. The molecule has 19 heteroatoms. The zero-order chi connectivity index (χ0) is 74.6. The molecule has 102 heavy (non-hydrogen) atoms. The van der Waals surface area contributed by atoms with E-state index in [-0.39, 0.29) is 25.7 Å². The van der Waals surface area contributed by atoms with Crippen molar-refractivity contribution in [1.82, 2.24) is 0 Å². The number of unbranched alkanes of at least 4 members (excludes halogenated alkanes) is 25. The molecular formula is C83H140O17P2. The normalized spacial score (nSPS) is 14.6. The van der Waals surface area contributed by atoms with Gasteiger partial charge in [0, 0.05) is 25.7 Å². The van der Waals surface area contributed by atoms with E-state index < -0.39 is 97.5 Å². The molecule has 0 aliphatic rings. The van der Waals surface area contributed by atoms with Gasteiger partial charge in [-0.1, -0.05) is 290 Å². The SMILES string of the molecule is CC/C=C\C/C=C\C/C=C\C/C=C\C/C=C\CCCC(=O)OCC(COP(=O)(O)OCC(O)COP(=O)(O)OCC(COC(=O)CCCCCCCCC/C=C\C/C=C\C/C=C\CC)OC(=O)CCCCCCCCC/C=C\C/C=C\C/C=C\CC)OC(=O)CCCCCCCCCCCCC. The molecule has 5 atom stereocenters. The van der Waals surface area contributed by atoms with Crippen molar-refractivity contribution in [2.24, 2.45) is 0 Å². The number of hydrogen-bond acceptors (Lipinski definition) is 15. The average molecular weight is 1470 g/mol. The number of carbonyl (C=O) groups excluding carboxylic acids is 4. The molecule has 0 bridgehead atoms. The largest absolute Gasteiger partial charge is 0.472 e. The Morgan fingerprint density at radius 2 is 0.520 bits per heavy atom. The maximum absolute atomic E-state index is 13.1. The Morgan fingerprint density at radius 3 is 0.824 bits per heavy atom. The molecule has 0 saturated carbocycles. The minimum absolute atomic E-state index is 0.0778. The topological polar surface area (TPSA) is 237 Å². The fourth-order valence-corrected chi connectivity index (χ4v) is 11.8. The van der Waals surface area contributed by atoms with Crippen LogP contribution < -0.4 is 0 Å². The Balaban J connectivity index is 5.39. The summed E-state index contributed by atoms with van der Waals surface area (Å²) in [6.07, 6.45) is 83.0. The van der Waals surface area contributed by atoms with Crippen LogP contribution in [0.2, 0.25) is 0 Å². The summed E-state index contributed by atoms with van der Waals surface area (Å²) in [6, 6.07) is 0. The van der Waals surface area contributed by atoms with Gasteiger partial charge in [0.1, 0.15) is 19.3 Å². The molecule has 0 heterocycles. The van der Waals surface area contributed by atoms with Gasteiger partial charge in [0.2, 0.25) is 0 Å². The molecule has 0 radical (unpaired) electrons. The van der Waals surface area contributed by atoms with E-state index in [9.17, 15) is 43.2 Å². The molecule has 0 aromatic rings. The minimum Gasteiger partial charge on any atom is -0.462 e. The van der Waals surface area contributed by atoms with Gasteiger partial charge < -0.3 is 33.8 Å². The van der Waals surface area contributed by atoms with Crippen LogP contribution in [-0.2, 0) is 65.4 Å². The first-order chi connectivity index (χ1) is 49.7. The van der Waals surface area contributed by atoms with Crippen LogP contribution in [0.15, 0.2) is 134 Å². The number of ether oxygens (including phenoxy) is 4. The molecule has 0 rings (SSSR count). The van der Waals surface area contributed by atoms with Crippen molar-refractivity contribution in [3.05, 3.63) is 134 Å². The van der Waals surface area contributed by atoms with E-state index >= 15 is 0 Å². The molecule has 0 aliphatic heterocycles. The molecule has 0 spiro atoms. The lowest BCUT2D eigenvalue weighted by molar-refractivity contribution is -0.161. The van der Waals surface area contributed by atoms with Crippen LogP contribution >= 0.6 is 15.6 Å². The Kier molecular flexibility index (Phi) is 71.0. The molecule has 0 aromatic carbocycles. The Morgan fingerprint density at radius 1 is 0.284 bits per heavy atom. The minimum atomic E-state index is -4.99. The fraction of sp³-hybridized carbons (Fsp3) is 0.687. The predicted octanol–water partition coefficient (Wildman–Crippen LogP) is 22.9. The maximum atomic E-state index is 13.1. The van der Waals surface area contributed by atoms with Gasteiger partial charge in [0.25, 0.3) is 0 Å². The monoisotopic (exact) mass is 1470 g/mol. The highest BCUT2D eigenvalue weighted by atomic mass is 31.2. The van der Waals surface area contributed by atoms with E-state index in [0.717, 1.165) is 186 Å². The number of phosphoric ester groups is 2. The van der Waals surface area contributed by atoms with E-state index in [1.807, 2.05) is 12.2 Å². The number of hydrogen-bond donors (Lipinski definition) is 3. The summed E-state index contributed by atoms with van der Waals surface area (Å²) in [5.41, 5.74) is 0. The summed E-state index contributed by atoms with van der Waals surface area (Å²) >= 11 is 0. The van der Waals surface area contributed by atoms with Crippen LogP contribution in [0.4, 0.5) is 0 Å². The molecule has 584 valence electrons. The summed E-state index contributed by atoms with van der Waals surface area (Å²) in [4.78, 5) is 72.9. The second-order valence-corrected chi connectivity index (χ2v) is 28.8. The van der Waals surface area contributed by atoms with Crippen molar-refractivity contribution in [3.8, 4) is 0 Å². The highest BCUT2D eigenvalue weighted by Gasteiger charge is 2.30. The molecule has 17 nitrogen and oxygen atoms in total. The lowest BCUT2D eigenvalue weighted by Crippen LogP contribution is -2.30. The van der Waals surface area contributed by atoms with E-state index in [1.165, 1.54) is 38.5 Å². The predicted molar refractivity (Wildman–Crippen MR) is 418 cm³/mol. The van der Waals surface area contributed by atoms with Gasteiger partial charge in [-0.3, -0.25) is 37.3 Å². The van der Waals surface area contributed by atoms with Gasteiger partial charge in [0.15, 0.2) is 12.2 Å². The lowest BCUT2D eigenvalue weighted by atomic mass is 10.1. The second kappa shape index (κ2) is 74.5.